The van der Waals surface area contributed by atoms with Crippen LogP contribution < -0.4 is 10.6 Å². The summed E-state index contributed by atoms with van der Waals surface area (Å²) < 4.78 is 13.2. The quantitative estimate of drug-likeness (QED) is 0.632. The zero-order chi connectivity index (χ0) is 23.3. The fourth-order valence-electron chi connectivity index (χ4n) is 6.18. The zero-order valence-corrected chi connectivity index (χ0v) is 20.0. The Hall–Kier alpha value is -2.47. The van der Waals surface area contributed by atoms with Crippen molar-refractivity contribution in [2.24, 2.45) is 22.7 Å². The average molecular weight is 465 g/mol. The largest absolute Gasteiger partial charge is 0.335 e. The predicted octanol–water partition coefficient (Wildman–Crippen LogP) is 4.85. The van der Waals surface area contributed by atoms with Crippen LogP contribution in [0, 0.1) is 23.6 Å². The number of amides is 2. The van der Waals surface area contributed by atoms with Gasteiger partial charge in [0.1, 0.15) is 5.82 Å². The Morgan fingerprint density at radius 2 is 1.97 bits per heavy atom. The third-order valence-electron chi connectivity index (χ3n) is 7.98. The number of benzene rings is 1. The number of hydrogen-bond acceptors (Lipinski definition) is 3. The zero-order valence-electron chi connectivity index (χ0n) is 20.0. The van der Waals surface area contributed by atoms with Crippen LogP contribution in [0.25, 0.3) is 0 Å². The minimum atomic E-state index is -0.166. The molecule has 2 N–H and O–H groups in total. The van der Waals surface area contributed by atoms with Crippen molar-refractivity contribution in [2.75, 3.05) is 19.6 Å². The summed E-state index contributed by atoms with van der Waals surface area (Å²) in [4.78, 5) is 19.9. The van der Waals surface area contributed by atoms with E-state index >= 15 is 0 Å². The second-order valence-corrected chi connectivity index (χ2v) is 10.6. The highest BCUT2D eigenvalue weighted by atomic mass is 19.1. The number of fused-ring (bicyclic) bond motifs is 1. The van der Waals surface area contributed by atoms with Crippen molar-refractivity contribution in [3.8, 4) is 0 Å². The van der Waals surface area contributed by atoms with Crippen LogP contribution in [0.4, 0.5) is 9.18 Å². The van der Waals surface area contributed by atoms with E-state index in [0.717, 1.165) is 44.6 Å². The first-order chi connectivity index (χ1) is 16.6. The molecule has 6 heteroatoms. The van der Waals surface area contributed by atoms with Gasteiger partial charge in [-0.1, -0.05) is 31.1 Å². The predicted molar refractivity (Wildman–Crippen MR) is 134 cm³/mol. The van der Waals surface area contributed by atoms with Crippen LogP contribution in [0.2, 0.25) is 0 Å². The van der Waals surface area contributed by atoms with Gasteiger partial charge < -0.3 is 15.5 Å². The third kappa shape index (κ3) is 5.96. The average Bonchev–Trinajstić information content (AvgIpc) is 3.30. The van der Waals surface area contributed by atoms with Gasteiger partial charge in [0.15, 0.2) is 0 Å². The smallest absolute Gasteiger partial charge is 0.319 e. The number of halogens is 1. The maximum atomic E-state index is 13.2. The molecule has 182 valence electrons. The molecule has 34 heavy (non-hydrogen) atoms. The molecule has 2 heterocycles. The number of nitrogens with zero attached hydrogens (tertiary/aromatic N) is 2. The molecule has 5 atom stereocenters. The van der Waals surface area contributed by atoms with Gasteiger partial charge in [0.05, 0.1) is 6.04 Å². The minimum Gasteiger partial charge on any atom is -0.335 e. The molecule has 2 unspecified atom stereocenters. The number of urea groups is 1. The van der Waals surface area contributed by atoms with Gasteiger partial charge in [0.25, 0.3) is 0 Å². The van der Waals surface area contributed by atoms with Crippen molar-refractivity contribution in [1.29, 1.82) is 0 Å². The van der Waals surface area contributed by atoms with E-state index in [-0.39, 0.29) is 23.9 Å². The third-order valence-corrected chi connectivity index (χ3v) is 7.98. The summed E-state index contributed by atoms with van der Waals surface area (Å²) in [6.45, 7) is 3.27. The number of hydrogen-bond donors (Lipinski definition) is 2. The van der Waals surface area contributed by atoms with Crippen molar-refractivity contribution < 1.29 is 9.18 Å². The van der Waals surface area contributed by atoms with Crippen LogP contribution in [0.5, 0.6) is 0 Å². The van der Waals surface area contributed by atoms with Gasteiger partial charge in [-0.15, -0.1) is 0 Å². The topological polar surface area (TPSA) is 56.7 Å². The summed E-state index contributed by atoms with van der Waals surface area (Å²) >= 11 is 0. The summed E-state index contributed by atoms with van der Waals surface area (Å²) in [7, 11) is 0. The molecule has 2 fully saturated rings. The molecule has 1 aromatic rings. The lowest BCUT2D eigenvalue weighted by atomic mass is 9.83. The molecule has 1 aromatic carbocycles. The van der Waals surface area contributed by atoms with E-state index in [1.54, 1.807) is 12.1 Å². The monoisotopic (exact) mass is 464 g/mol. The molecule has 1 saturated heterocycles. The molecule has 1 saturated carbocycles. The Morgan fingerprint density at radius 3 is 2.85 bits per heavy atom. The van der Waals surface area contributed by atoms with Crippen LogP contribution in [-0.4, -0.2) is 48.9 Å². The number of piperidine rings is 1. The molecule has 0 spiro atoms. The summed E-state index contributed by atoms with van der Waals surface area (Å²) in [5.74, 6) is 1.39. The van der Waals surface area contributed by atoms with Crippen molar-refractivity contribution in [3.63, 3.8) is 0 Å². The highest BCUT2D eigenvalue weighted by Gasteiger charge is 2.30. The fraction of sp³-hybridized carbons (Fsp3) is 0.571. The second kappa shape index (κ2) is 10.9. The van der Waals surface area contributed by atoms with Gasteiger partial charge in [-0.05, 0) is 86.8 Å². The Kier molecular flexibility index (Phi) is 7.43. The lowest BCUT2D eigenvalue weighted by Crippen LogP contribution is -2.50. The standard InChI is InChI=1S/C28H37FN4O/c29-24-10-7-20(8-11-24)16-21-4-3-15-33(18-21)19-23-5-1-2-6-26(23)32-28(34)31-25-12-9-22-13-14-30-27(22)17-25/h7-12,14,17,21-23,26-27H,1-6,13,15-16,18-19H2,(H2,31,32,34)/t21-,22?,23-,26+,27?/m0/s1. The molecule has 2 aliphatic carbocycles. The number of nitrogens with one attached hydrogen (secondary N) is 2. The molecule has 4 aliphatic rings. The Balaban J connectivity index is 1.13. The van der Waals surface area contributed by atoms with E-state index in [9.17, 15) is 9.18 Å². The summed E-state index contributed by atoms with van der Waals surface area (Å²) in [6, 6.07) is 7.27. The molecular formula is C28H37FN4O. The maximum Gasteiger partial charge on any atom is 0.319 e. The van der Waals surface area contributed by atoms with Gasteiger partial charge in [-0.25, -0.2) is 9.18 Å². The van der Waals surface area contributed by atoms with Gasteiger partial charge in [-0.2, -0.15) is 0 Å². The number of allylic oxidation sites excluding steroid dienone is 1. The molecule has 2 aliphatic heterocycles. The molecule has 2 amide bonds. The number of carbonyl (C=O) groups is 1. The lowest BCUT2D eigenvalue weighted by molar-refractivity contribution is 0.122. The van der Waals surface area contributed by atoms with Crippen LogP contribution in [0.15, 0.2) is 53.2 Å². The Bertz CT molecular complexity index is 940. The number of rotatable bonds is 6. The molecule has 0 bridgehead atoms. The van der Waals surface area contributed by atoms with Crippen LogP contribution >= 0.6 is 0 Å². The van der Waals surface area contributed by atoms with E-state index in [1.807, 2.05) is 24.4 Å². The first-order valence-electron chi connectivity index (χ1n) is 13.1. The normalized spacial score (nSPS) is 31.1. The van der Waals surface area contributed by atoms with Crippen molar-refractivity contribution >= 4 is 12.2 Å². The number of likely N-dealkylation sites (tertiary alicyclic amines) is 1. The highest BCUT2D eigenvalue weighted by molar-refractivity contribution is 5.77. The minimum absolute atomic E-state index is 0.0962. The van der Waals surface area contributed by atoms with E-state index in [1.165, 1.54) is 37.7 Å². The van der Waals surface area contributed by atoms with E-state index in [0.29, 0.717) is 17.8 Å². The molecule has 5 nitrogen and oxygen atoms in total. The number of carbonyl (C=O) groups excluding carboxylic acids is 1. The first kappa shape index (κ1) is 23.3. The molecule has 0 aromatic heterocycles. The maximum absolute atomic E-state index is 13.2. The van der Waals surface area contributed by atoms with Crippen molar-refractivity contribution in [1.82, 2.24) is 15.5 Å². The van der Waals surface area contributed by atoms with E-state index in [4.69, 9.17) is 0 Å². The van der Waals surface area contributed by atoms with Crippen LogP contribution in [-0.2, 0) is 6.42 Å². The lowest BCUT2D eigenvalue weighted by Gasteiger charge is -2.39. The van der Waals surface area contributed by atoms with Gasteiger partial charge in [-0.3, -0.25) is 4.99 Å². The summed E-state index contributed by atoms with van der Waals surface area (Å²) in [6.07, 6.45) is 17.3. The summed E-state index contributed by atoms with van der Waals surface area (Å²) in [5, 5.41) is 6.35. The summed E-state index contributed by atoms with van der Waals surface area (Å²) in [5.41, 5.74) is 2.08. The number of aliphatic imine (C=N–C) groups is 1. The van der Waals surface area contributed by atoms with Gasteiger partial charge >= 0.3 is 6.03 Å². The van der Waals surface area contributed by atoms with Crippen molar-refractivity contribution in [2.45, 2.75) is 63.5 Å². The molecular weight excluding hydrogens is 427 g/mol. The second-order valence-electron chi connectivity index (χ2n) is 10.6. The van der Waals surface area contributed by atoms with Gasteiger partial charge in [0, 0.05) is 37.0 Å². The van der Waals surface area contributed by atoms with Gasteiger partial charge in [0.2, 0.25) is 0 Å². The van der Waals surface area contributed by atoms with E-state index in [2.05, 4.69) is 32.7 Å². The Labute approximate surface area is 202 Å². The first-order valence-corrected chi connectivity index (χ1v) is 13.1. The Morgan fingerprint density at radius 1 is 1.12 bits per heavy atom. The highest BCUT2D eigenvalue weighted by Crippen LogP contribution is 2.29. The SMILES string of the molecule is O=C(NC1=CC2N=CCC2C=C1)N[C@@H]1CCCC[C@H]1CN1CCC[C@@H](Cc2ccc(F)cc2)C1. The van der Waals surface area contributed by atoms with Crippen LogP contribution in [0.1, 0.15) is 50.5 Å². The fourth-order valence-corrected chi connectivity index (χ4v) is 6.18. The van der Waals surface area contributed by atoms with E-state index < -0.39 is 0 Å². The van der Waals surface area contributed by atoms with Crippen molar-refractivity contribution in [3.05, 3.63) is 59.6 Å². The molecule has 0 radical (unpaired) electrons. The molecule has 5 rings (SSSR count). The van der Waals surface area contributed by atoms with Crippen LogP contribution in [0.3, 0.4) is 0 Å².